The SMILES string of the molecule is CC1(CC(F)(F)F)OC(C(C)(C)C)OC1=O. The minimum atomic E-state index is -4.46. The maximum atomic E-state index is 12.3. The number of ether oxygens (including phenoxy) is 2. The summed E-state index contributed by atoms with van der Waals surface area (Å²) in [4.78, 5) is 11.4. The molecule has 1 fully saturated rings. The molecule has 6 heteroatoms. The fourth-order valence-electron chi connectivity index (χ4n) is 1.38. The van der Waals surface area contributed by atoms with Gasteiger partial charge < -0.3 is 9.47 Å². The van der Waals surface area contributed by atoms with Gasteiger partial charge in [0, 0.05) is 5.41 Å². The predicted octanol–water partition coefficient (Wildman–Crippen LogP) is 2.64. The Labute approximate surface area is 91.9 Å². The second kappa shape index (κ2) is 3.61. The van der Waals surface area contributed by atoms with E-state index in [4.69, 9.17) is 9.47 Å². The summed E-state index contributed by atoms with van der Waals surface area (Å²) in [5.74, 6) is -0.954. The first-order chi connectivity index (χ1) is 6.94. The third-order valence-corrected chi connectivity index (χ3v) is 2.26. The summed E-state index contributed by atoms with van der Waals surface area (Å²) >= 11 is 0. The summed E-state index contributed by atoms with van der Waals surface area (Å²) in [5, 5.41) is 0. The fourth-order valence-corrected chi connectivity index (χ4v) is 1.38. The van der Waals surface area contributed by atoms with Crippen LogP contribution in [-0.2, 0) is 14.3 Å². The molecule has 0 N–H and O–H groups in total. The summed E-state index contributed by atoms with van der Waals surface area (Å²) < 4.78 is 46.7. The van der Waals surface area contributed by atoms with Crippen LogP contribution in [0, 0.1) is 5.41 Å². The molecule has 1 aliphatic heterocycles. The molecule has 16 heavy (non-hydrogen) atoms. The third-order valence-electron chi connectivity index (χ3n) is 2.26. The van der Waals surface area contributed by atoms with Gasteiger partial charge in [0.1, 0.15) is 0 Å². The van der Waals surface area contributed by atoms with E-state index in [9.17, 15) is 18.0 Å². The van der Waals surface area contributed by atoms with Gasteiger partial charge in [-0.1, -0.05) is 20.8 Å². The van der Waals surface area contributed by atoms with E-state index in [2.05, 4.69) is 0 Å². The lowest BCUT2D eigenvalue weighted by molar-refractivity contribution is -0.195. The van der Waals surface area contributed by atoms with Crippen LogP contribution in [0.1, 0.15) is 34.1 Å². The fraction of sp³-hybridized carbons (Fsp3) is 0.900. The van der Waals surface area contributed by atoms with Gasteiger partial charge in [0.25, 0.3) is 0 Å². The Hall–Kier alpha value is -0.780. The Kier molecular flexibility index (Phi) is 3.00. The number of alkyl halides is 3. The van der Waals surface area contributed by atoms with Crippen molar-refractivity contribution in [1.82, 2.24) is 0 Å². The van der Waals surface area contributed by atoms with Crippen molar-refractivity contribution < 1.29 is 27.4 Å². The van der Waals surface area contributed by atoms with Crippen LogP contribution < -0.4 is 0 Å². The van der Waals surface area contributed by atoms with Gasteiger partial charge in [0.2, 0.25) is 6.29 Å². The molecule has 0 bridgehead atoms. The number of hydrogen-bond donors (Lipinski definition) is 0. The normalized spacial score (nSPS) is 31.7. The number of halogens is 3. The van der Waals surface area contributed by atoms with Crippen molar-refractivity contribution in [2.75, 3.05) is 0 Å². The van der Waals surface area contributed by atoms with Gasteiger partial charge >= 0.3 is 12.1 Å². The van der Waals surface area contributed by atoms with Crippen molar-refractivity contribution in [1.29, 1.82) is 0 Å². The second-order valence-corrected chi connectivity index (χ2v) is 5.24. The van der Waals surface area contributed by atoms with Crippen molar-refractivity contribution in [3.05, 3.63) is 0 Å². The van der Waals surface area contributed by atoms with E-state index in [-0.39, 0.29) is 0 Å². The molecular weight excluding hydrogens is 225 g/mol. The van der Waals surface area contributed by atoms with Gasteiger partial charge in [0.05, 0.1) is 6.42 Å². The largest absolute Gasteiger partial charge is 0.433 e. The summed E-state index contributed by atoms with van der Waals surface area (Å²) in [6.07, 6.45) is -6.72. The minimum absolute atomic E-state index is 0.543. The maximum Gasteiger partial charge on any atom is 0.392 e. The Morgan fingerprint density at radius 1 is 1.31 bits per heavy atom. The van der Waals surface area contributed by atoms with Crippen molar-refractivity contribution >= 4 is 5.97 Å². The van der Waals surface area contributed by atoms with Gasteiger partial charge in [-0.15, -0.1) is 0 Å². The Morgan fingerprint density at radius 2 is 1.81 bits per heavy atom. The van der Waals surface area contributed by atoms with Crippen LogP contribution in [0.15, 0.2) is 0 Å². The van der Waals surface area contributed by atoms with Crippen molar-refractivity contribution in [3.8, 4) is 0 Å². The van der Waals surface area contributed by atoms with Gasteiger partial charge in [-0.2, -0.15) is 13.2 Å². The lowest BCUT2D eigenvalue weighted by Crippen LogP contribution is -2.38. The van der Waals surface area contributed by atoms with Crippen molar-refractivity contribution in [3.63, 3.8) is 0 Å². The van der Waals surface area contributed by atoms with Gasteiger partial charge in [0.15, 0.2) is 5.60 Å². The molecule has 3 nitrogen and oxygen atoms in total. The van der Waals surface area contributed by atoms with Crippen molar-refractivity contribution in [2.24, 2.45) is 5.41 Å². The molecule has 0 aromatic heterocycles. The van der Waals surface area contributed by atoms with Crippen LogP contribution in [-0.4, -0.2) is 24.0 Å². The van der Waals surface area contributed by atoms with E-state index < -0.39 is 35.9 Å². The van der Waals surface area contributed by atoms with Crippen LogP contribution in [0.2, 0.25) is 0 Å². The molecule has 0 aliphatic carbocycles. The van der Waals surface area contributed by atoms with Crippen LogP contribution in [0.3, 0.4) is 0 Å². The topological polar surface area (TPSA) is 35.5 Å². The summed E-state index contributed by atoms with van der Waals surface area (Å²) in [7, 11) is 0. The zero-order chi connectivity index (χ0) is 12.8. The number of esters is 1. The monoisotopic (exact) mass is 240 g/mol. The van der Waals surface area contributed by atoms with Gasteiger partial charge in [-0.25, -0.2) is 4.79 Å². The molecule has 0 saturated carbocycles. The molecule has 0 aromatic carbocycles. The van der Waals surface area contributed by atoms with Crippen LogP contribution >= 0.6 is 0 Å². The number of carbonyl (C=O) groups is 1. The van der Waals surface area contributed by atoms with E-state index in [1.165, 1.54) is 0 Å². The molecule has 0 aromatic rings. The van der Waals surface area contributed by atoms with Crippen LogP contribution in [0.5, 0.6) is 0 Å². The standard InChI is InChI=1S/C10H15F3O3/c1-8(2,3)7-15-6(14)9(4,16-7)5-10(11,12)13/h7H,5H2,1-4H3. The lowest BCUT2D eigenvalue weighted by atomic mass is 9.96. The minimum Gasteiger partial charge on any atom is -0.433 e. The lowest BCUT2D eigenvalue weighted by Gasteiger charge is -2.26. The zero-order valence-electron chi connectivity index (χ0n) is 9.64. The zero-order valence-corrected chi connectivity index (χ0v) is 9.64. The van der Waals surface area contributed by atoms with Crippen LogP contribution in [0.25, 0.3) is 0 Å². The molecule has 2 atom stereocenters. The van der Waals surface area contributed by atoms with Gasteiger partial charge in [-0.3, -0.25) is 0 Å². The third kappa shape index (κ3) is 2.87. The first kappa shape index (κ1) is 13.3. The van der Waals surface area contributed by atoms with Crippen molar-refractivity contribution in [2.45, 2.75) is 52.2 Å². The molecule has 0 amide bonds. The highest BCUT2D eigenvalue weighted by Gasteiger charge is 2.55. The Morgan fingerprint density at radius 3 is 2.12 bits per heavy atom. The van der Waals surface area contributed by atoms with E-state index in [0.717, 1.165) is 6.92 Å². The maximum absolute atomic E-state index is 12.3. The summed E-state index contributed by atoms with van der Waals surface area (Å²) in [6.45, 7) is 6.29. The molecule has 1 aliphatic rings. The highest BCUT2D eigenvalue weighted by Crippen LogP contribution is 2.40. The van der Waals surface area contributed by atoms with Gasteiger partial charge in [-0.05, 0) is 6.92 Å². The highest BCUT2D eigenvalue weighted by molar-refractivity contribution is 5.80. The van der Waals surface area contributed by atoms with E-state index >= 15 is 0 Å². The molecule has 1 rings (SSSR count). The molecule has 1 heterocycles. The molecular formula is C10H15F3O3. The average Bonchev–Trinajstić information content (AvgIpc) is 2.22. The average molecular weight is 240 g/mol. The first-order valence-corrected chi connectivity index (χ1v) is 4.90. The predicted molar refractivity (Wildman–Crippen MR) is 49.5 cm³/mol. The highest BCUT2D eigenvalue weighted by atomic mass is 19.4. The number of cyclic esters (lactones) is 1. The van der Waals surface area contributed by atoms with E-state index in [0.29, 0.717) is 0 Å². The first-order valence-electron chi connectivity index (χ1n) is 4.90. The molecule has 2 unspecified atom stereocenters. The summed E-state index contributed by atoms with van der Waals surface area (Å²) in [6, 6.07) is 0. The second-order valence-electron chi connectivity index (χ2n) is 5.24. The molecule has 1 saturated heterocycles. The van der Waals surface area contributed by atoms with Crippen LogP contribution in [0.4, 0.5) is 13.2 Å². The Balaban J connectivity index is 2.81. The quantitative estimate of drug-likeness (QED) is 0.661. The molecule has 0 radical (unpaired) electrons. The number of carbonyl (C=O) groups excluding carboxylic acids is 1. The Bertz CT molecular complexity index is 293. The smallest absolute Gasteiger partial charge is 0.392 e. The summed E-state index contributed by atoms with van der Waals surface area (Å²) in [5.41, 5.74) is -2.46. The number of rotatable bonds is 1. The molecule has 0 spiro atoms. The van der Waals surface area contributed by atoms with E-state index in [1.807, 2.05) is 0 Å². The number of hydrogen-bond acceptors (Lipinski definition) is 3. The van der Waals surface area contributed by atoms with E-state index in [1.54, 1.807) is 20.8 Å². The molecule has 94 valence electrons.